The fourth-order valence-electron chi connectivity index (χ4n) is 2.27. The molecule has 0 radical (unpaired) electrons. The molecular formula is C14H16O3. The molecule has 0 unspecified atom stereocenters. The molecule has 1 aromatic carbocycles. The van der Waals surface area contributed by atoms with Crippen LogP contribution in [0.4, 0.5) is 0 Å². The van der Waals surface area contributed by atoms with Crippen molar-refractivity contribution in [3.63, 3.8) is 0 Å². The predicted octanol–water partition coefficient (Wildman–Crippen LogP) is 2.84. The van der Waals surface area contributed by atoms with Crippen molar-refractivity contribution < 1.29 is 14.3 Å². The summed E-state index contributed by atoms with van der Waals surface area (Å²) in [6.45, 7) is 1.39. The number of carbonyl (C=O) groups is 2. The quantitative estimate of drug-likeness (QED) is 0.581. The molecule has 0 amide bonds. The van der Waals surface area contributed by atoms with E-state index in [0.717, 1.165) is 18.4 Å². The van der Waals surface area contributed by atoms with Crippen LogP contribution in [0.2, 0.25) is 0 Å². The topological polar surface area (TPSA) is 43.4 Å². The molecule has 1 fully saturated rings. The number of hydrogen-bond acceptors (Lipinski definition) is 3. The number of carbonyl (C=O) groups excluding carboxylic acids is 2. The Morgan fingerprint density at radius 2 is 2.00 bits per heavy atom. The van der Waals surface area contributed by atoms with Crippen molar-refractivity contribution in [1.29, 1.82) is 0 Å². The van der Waals surface area contributed by atoms with Gasteiger partial charge in [-0.15, -0.1) is 0 Å². The molecule has 0 bridgehead atoms. The van der Waals surface area contributed by atoms with Gasteiger partial charge in [0.2, 0.25) is 0 Å². The number of esters is 1. The summed E-state index contributed by atoms with van der Waals surface area (Å²) in [7, 11) is 0. The zero-order valence-electron chi connectivity index (χ0n) is 9.94. The number of ether oxygens (including phenoxy) is 1. The van der Waals surface area contributed by atoms with E-state index in [1.807, 2.05) is 18.2 Å². The second-order valence-corrected chi connectivity index (χ2v) is 4.48. The van der Waals surface area contributed by atoms with E-state index >= 15 is 0 Å². The number of rotatable bonds is 2. The van der Waals surface area contributed by atoms with E-state index < -0.39 is 0 Å². The first kappa shape index (κ1) is 11.8. The van der Waals surface area contributed by atoms with Gasteiger partial charge in [-0.25, -0.2) is 0 Å². The average molecular weight is 232 g/mol. The molecule has 0 N–H and O–H groups in total. The molecule has 3 nitrogen and oxygen atoms in total. The summed E-state index contributed by atoms with van der Waals surface area (Å²) in [5, 5.41) is 0. The smallest absolute Gasteiger partial charge is 0.308 e. The summed E-state index contributed by atoms with van der Waals surface area (Å²) >= 11 is 0. The molecule has 17 heavy (non-hydrogen) atoms. The first-order valence-electron chi connectivity index (χ1n) is 5.95. The van der Waals surface area contributed by atoms with Gasteiger partial charge in [0, 0.05) is 19.8 Å². The fraction of sp³-hybridized carbons (Fsp3) is 0.429. The van der Waals surface area contributed by atoms with E-state index in [0.29, 0.717) is 30.3 Å². The van der Waals surface area contributed by atoms with Gasteiger partial charge in [-0.05, 0) is 36.5 Å². The highest BCUT2D eigenvalue weighted by Crippen LogP contribution is 2.32. The van der Waals surface area contributed by atoms with E-state index in [-0.39, 0.29) is 5.97 Å². The van der Waals surface area contributed by atoms with E-state index in [1.54, 1.807) is 6.07 Å². The van der Waals surface area contributed by atoms with Crippen LogP contribution in [0, 0.1) is 0 Å². The molecule has 1 aliphatic rings. The van der Waals surface area contributed by atoms with Crippen LogP contribution in [0.15, 0.2) is 24.3 Å². The number of Topliss-reactive ketones (excluding diaryl/α,β-unsaturated/α-hetero) is 1. The lowest BCUT2D eigenvalue weighted by Gasteiger charge is -2.21. The summed E-state index contributed by atoms with van der Waals surface area (Å²) in [5.74, 6) is 1.06. The lowest BCUT2D eigenvalue weighted by molar-refractivity contribution is -0.131. The van der Waals surface area contributed by atoms with Gasteiger partial charge >= 0.3 is 5.97 Å². The monoisotopic (exact) mass is 232 g/mol. The molecule has 0 saturated heterocycles. The summed E-state index contributed by atoms with van der Waals surface area (Å²) in [5.41, 5.74) is 1.16. The van der Waals surface area contributed by atoms with Crippen LogP contribution >= 0.6 is 0 Å². The first-order valence-corrected chi connectivity index (χ1v) is 5.95. The van der Waals surface area contributed by atoms with Gasteiger partial charge in [0.25, 0.3) is 0 Å². The molecule has 1 aliphatic carbocycles. The number of hydrogen-bond donors (Lipinski definition) is 0. The zero-order valence-corrected chi connectivity index (χ0v) is 9.94. The third-order valence-electron chi connectivity index (χ3n) is 3.13. The van der Waals surface area contributed by atoms with Gasteiger partial charge in [0.15, 0.2) is 0 Å². The van der Waals surface area contributed by atoms with E-state index in [1.165, 1.54) is 6.92 Å². The maximum Gasteiger partial charge on any atom is 0.308 e. The molecular weight excluding hydrogens is 216 g/mol. The molecule has 1 aromatic rings. The van der Waals surface area contributed by atoms with Crippen LogP contribution in [0.1, 0.15) is 44.1 Å². The van der Waals surface area contributed by atoms with Crippen LogP contribution < -0.4 is 4.74 Å². The van der Waals surface area contributed by atoms with Crippen LogP contribution in [0.5, 0.6) is 5.75 Å². The second-order valence-electron chi connectivity index (χ2n) is 4.48. The Labute approximate surface area is 101 Å². The summed E-state index contributed by atoms with van der Waals surface area (Å²) < 4.78 is 5.06. The second kappa shape index (κ2) is 5.13. The number of ketones is 1. The molecule has 90 valence electrons. The van der Waals surface area contributed by atoms with Crippen molar-refractivity contribution in [1.82, 2.24) is 0 Å². The van der Waals surface area contributed by atoms with Crippen molar-refractivity contribution in [3.05, 3.63) is 29.8 Å². The summed E-state index contributed by atoms with van der Waals surface area (Å²) in [4.78, 5) is 22.1. The van der Waals surface area contributed by atoms with Crippen molar-refractivity contribution in [2.24, 2.45) is 0 Å². The third-order valence-corrected chi connectivity index (χ3v) is 3.13. The molecule has 0 aromatic heterocycles. The van der Waals surface area contributed by atoms with Crippen LogP contribution in [-0.4, -0.2) is 11.8 Å². The summed E-state index contributed by atoms with van der Waals surface area (Å²) in [6, 6.07) is 7.61. The SMILES string of the molecule is CC(=O)Oc1cccc(C2CCC(=O)CC2)c1. The average Bonchev–Trinajstić information content (AvgIpc) is 2.29. The van der Waals surface area contributed by atoms with Crippen molar-refractivity contribution in [2.45, 2.75) is 38.5 Å². The first-order chi connectivity index (χ1) is 8.15. The molecule has 3 heteroatoms. The largest absolute Gasteiger partial charge is 0.427 e. The minimum atomic E-state index is -0.305. The van der Waals surface area contributed by atoms with Crippen molar-refractivity contribution in [3.8, 4) is 5.75 Å². The fourth-order valence-corrected chi connectivity index (χ4v) is 2.27. The number of benzene rings is 1. The predicted molar refractivity (Wildman–Crippen MR) is 64.0 cm³/mol. The Balaban J connectivity index is 2.10. The zero-order chi connectivity index (χ0) is 12.3. The van der Waals surface area contributed by atoms with Gasteiger partial charge in [-0.2, -0.15) is 0 Å². The van der Waals surface area contributed by atoms with Gasteiger partial charge in [-0.3, -0.25) is 9.59 Å². The maximum atomic E-state index is 11.2. The Bertz CT molecular complexity index is 427. The highest BCUT2D eigenvalue weighted by molar-refractivity contribution is 5.79. The van der Waals surface area contributed by atoms with Crippen molar-refractivity contribution in [2.75, 3.05) is 0 Å². The van der Waals surface area contributed by atoms with Crippen LogP contribution in [0.25, 0.3) is 0 Å². The third kappa shape index (κ3) is 3.16. The molecule has 2 rings (SSSR count). The van der Waals surface area contributed by atoms with E-state index in [2.05, 4.69) is 0 Å². The van der Waals surface area contributed by atoms with Gasteiger partial charge in [0.1, 0.15) is 11.5 Å². The van der Waals surface area contributed by atoms with Crippen molar-refractivity contribution >= 4 is 11.8 Å². The Morgan fingerprint density at radius 1 is 1.29 bits per heavy atom. The van der Waals surface area contributed by atoms with E-state index in [4.69, 9.17) is 4.74 Å². The Kier molecular flexibility index (Phi) is 3.57. The van der Waals surface area contributed by atoms with Crippen LogP contribution in [0.3, 0.4) is 0 Å². The minimum absolute atomic E-state index is 0.305. The highest BCUT2D eigenvalue weighted by atomic mass is 16.5. The normalized spacial score (nSPS) is 16.9. The molecule has 1 saturated carbocycles. The molecule has 0 aliphatic heterocycles. The Morgan fingerprint density at radius 3 is 2.65 bits per heavy atom. The standard InChI is InChI=1S/C14H16O3/c1-10(15)17-14-4-2-3-12(9-14)11-5-7-13(16)8-6-11/h2-4,9,11H,5-8H2,1H3. The lowest BCUT2D eigenvalue weighted by Crippen LogP contribution is -2.12. The van der Waals surface area contributed by atoms with Gasteiger partial charge < -0.3 is 4.74 Å². The Hall–Kier alpha value is -1.64. The lowest BCUT2D eigenvalue weighted by atomic mass is 9.83. The minimum Gasteiger partial charge on any atom is -0.427 e. The molecule has 0 atom stereocenters. The van der Waals surface area contributed by atoms with Gasteiger partial charge in [-0.1, -0.05) is 12.1 Å². The summed E-state index contributed by atoms with van der Waals surface area (Å²) in [6.07, 6.45) is 3.15. The highest BCUT2D eigenvalue weighted by Gasteiger charge is 2.20. The van der Waals surface area contributed by atoms with Crippen LogP contribution in [-0.2, 0) is 9.59 Å². The van der Waals surface area contributed by atoms with Gasteiger partial charge in [0.05, 0.1) is 0 Å². The van der Waals surface area contributed by atoms with E-state index in [9.17, 15) is 9.59 Å². The molecule has 0 heterocycles. The molecule has 0 spiro atoms. The maximum absolute atomic E-state index is 11.2.